The van der Waals surface area contributed by atoms with Gasteiger partial charge >= 0.3 is 0 Å². The topological polar surface area (TPSA) is 55.0 Å². The van der Waals surface area contributed by atoms with Crippen molar-refractivity contribution in [1.29, 1.82) is 0 Å². The fourth-order valence-electron chi connectivity index (χ4n) is 3.54. The number of aromatic nitrogens is 2. The van der Waals surface area contributed by atoms with Crippen LogP contribution in [-0.4, -0.2) is 15.6 Å². The van der Waals surface area contributed by atoms with Crippen LogP contribution in [0.1, 0.15) is 41.0 Å². The minimum absolute atomic E-state index is 0.128. The summed E-state index contributed by atoms with van der Waals surface area (Å²) in [6, 6.07) is 15.0. The maximum absolute atomic E-state index is 12.2. The summed E-state index contributed by atoms with van der Waals surface area (Å²) in [6.45, 7) is 10.8. The molecule has 1 heterocycles. The monoisotopic (exact) mass is 350 g/mol. The SMILES string of the molecule is CC(C)(C)CC(C)(C)Oc1ccc(-c2nc3ccccc3c(=O)[nH]2)cc1. The Morgan fingerprint density at radius 2 is 1.62 bits per heavy atom. The van der Waals surface area contributed by atoms with Crippen molar-refractivity contribution in [2.24, 2.45) is 5.41 Å². The van der Waals surface area contributed by atoms with Gasteiger partial charge in [-0.25, -0.2) is 4.98 Å². The molecule has 3 aromatic rings. The Kier molecular flexibility index (Phi) is 4.61. The maximum atomic E-state index is 12.2. The fourth-order valence-corrected chi connectivity index (χ4v) is 3.54. The first-order chi connectivity index (χ1) is 12.1. The Bertz CT molecular complexity index is 964. The van der Waals surface area contributed by atoms with Crippen LogP contribution in [-0.2, 0) is 0 Å². The van der Waals surface area contributed by atoms with Gasteiger partial charge in [0.1, 0.15) is 17.2 Å². The molecule has 0 unspecified atom stereocenters. The van der Waals surface area contributed by atoms with Gasteiger partial charge in [-0.3, -0.25) is 4.79 Å². The van der Waals surface area contributed by atoms with Crippen LogP contribution >= 0.6 is 0 Å². The van der Waals surface area contributed by atoms with E-state index in [9.17, 15) is 4.79 Å². The van der Waals surface area contributed by atoms with E-state index in [-0.39, 0.29) is 16.6 Å². The summed E-state index contributed by atoms with van der Waals surface area (Å²) < 4.78 is 6.17. The number of hydrogen-bond acceptors (Lipinski definition) is 3. The second-order valence-corrected chi connectivity index (χ2v) is 8.56. The molecule has 0 spiro atoms. The molecule has 4 nitrogen and oxygen atoms in total. The molecule has 0 saturated heterocycles. The fraction of sp³-hybridized carbons (Fsp3) is 0.364. The highest BCUT2D eigenvalue weighted by atomic mass is 16.5. The molecule has 0 aliphatic carbocycles. The van der Waals surface area contributed by atoms with E-state index >= 15 is 0 Å². The zero-order valence-electron chi connectivity index (χ0n) is 16.1. The van der Waals surface area contributed by atoms with Gasteiger partial charge in [0.25, 0.3) is 5.56 Å². The normalized spacial score (nSPS) is 12.3. The van der Waals surface area contributed by atoms with E-state index in [0.29, 0.717) is 16.7 Å². The number of nitrogens with one attached hydrogen (secondary N) is 1. The molecular formula is C22H26N2O2. The number of H-pyrrole nitrogens is 1. The number of benzene rings is 2. The van der Waals surface area contributed by atoms with Gasteiger partial charge in [-0.15, -0.1) is 0 Å². The third-order valence-electron chi connectivity index (χ3n) is 4.09. The van der Waals surface area contributed by atoms with Crippen molar-refractivity contribution in [3.63, 3.8) is 0 Å². The van der Waals surface area contributed by atoms with E-state index in [0.717, 1.165) is 17.7 Å². The van der Waals surface area contributed by atoms with Crippen LogP contribution in [0.15, 0.2) is 53.3 Å². The number of rotatable bonds is 4. The molecule has 0 radical (unpaired) electrons. The molecule has 0 fully saturated rings. The van der Waals surface area contributed by atoms with Crippen molar-refractivity contribution in [2.75, 3.05) is 0 Å². The maximum Gasteiger partial charge on any atom is 0.259 e. The molecule has 0 aliphatic heterocycles. The molecule has 0 atom stereocenters. The largest absolute Gasteiger partial charge is 0.488 e. The Labute approximate surface area is 154 Å². The molecule has 0 bridgehead atoms. The molecule has 1 N–H and O–H groups in total. The van der Waals surface area contributed by atoms with Crippen LogP contribution in [0.5, 0.6) is 5.75 Å². The molecule has 0 saturated carbocycles. The summed E-state index contributed by atoms with van der Waals surface area (Å²) >= 11 is 0. The zero-order chi connectivity index (χ0) is 18.9. The second-order valence-electron chi connectivity index (χ2n) is 8.56. The van der Waals surface area contributed by atoms with E-state index in [1.807, 2.05) is 42.5 Å². The highest BCUT2D eigenvalue weighted by Gasteiger charge is 2.27. The van der Waals surface area contributed by atoms with Crippen molar-refractivity contribution in [2.45, 2.75) is 46.6 Å². The van der Waals surface area contributed by atoms with E-state index in [4.69, 9.17) is 4.74 Å². The van der Waals surface area contributed by atoms with E-state index in [1.165, 1.54) is 0 Å². The molecule has 3 rings (SSSR count). The Balaban J connectivity index is 1.85. The van der Waals surface area contributed by atoms with Crippen molar-refractivity contribution in [1.82, 2.24) is 9.97 Å². The first-order valence-corrected chi connectivity index (χ1v) is 8.92. The van der Waals surface area contributed by atoms with Crippen LogP contribution in [0.3, 0.4) is 0 Å². The number of hydrogen-bond donors (Lipinski definition) is 1. The van der Waals surface area contributed by atoms with E-state index in [2.05, 4.69) is 44.6 Å². The molecule has 1 aromatic heterocycles. The predicted molar refractivity (Wildman–Crippen MR) is 107 cm³/mol. The van der Waals surface area contributed by atoms with E-state index < -0.39 is 0 Å². The summed E-state index contributed by atoms with van der Waals surface area (Å²) in [5.74, 6) is 1.38. The predicted octanol–water partition coefficient (Wildman–Crippen LogP) is 5.18. The number of fused-ring (bicyclic) bond motifs is 1. The van der Waals surface area contributed by atoms with Crippen molar-refractivity contribution < 1.29 is 4.74 Å². The average molecular weight is 350 g/mol. The van der Waals surface area contributed by atoms with Crippen LogP contribution in [0, 0.1) is 5.41 Å². The molecule has 136 valence electrons. The van der Waals surface area contributed by atoms with Gasteiger partial charge in [-0.05, 0) is 62.1 Å². The highest BCUT2D eigenvalue weighted by Crippen LogP contribution is 2.31. The van der Waals surface area contributed by atoms with Crippen LogP contribution in [0.25, 0.3) is 22.3 Å². The minimum Gasteiger partial charge on any atom is -0.488 e. The second kappa shape index (κ2) is 6.60. The lowest BCUT2D eigenvalue weighted by Crippen LogP contribution is -2.33. The average Bonchev–Trinajstić information content (AvgIpc) is 2.53. The Hall–Kier alpha value is -2.62. The van der Waals surface area contributed by atoms with Crippen molar-refractivity contribution >= 4 is 10.9 Å². The lowest BCUT2D eigenvalue weighted by molar-refractivity contribution is 0.0622. The Morgan fingerprint density at radius 1 is 0.962 bits per heavy atom. The van der Waals surface area contributed by atoms with Crippen LogP contribution in [0.4, 0.5) is 0 Å². The Morgan fingerprint density at radius 3 is 2.27 bits per heavy atom. The molecule has 0 amide bonds. The van der Waals surface area contributed by atoms with Gasteiger partial charge in [-0.2, -0.15) is 0 Å². The van der Waals surface area contributed by atoms with Gasteiger partial charge in [0.2, 0.25) is 0 Å². The third-order valence-corrected chi connectivity index (χ3v) is 4.09. The smallest absolute Gasteiger partial charge is 0.259 e. The quantitative estimate of drug-likeness (QED) is 0.705. The zero-order valence-corrected chi connectivity index (χ0v) is 16.1. The van der Waals surface area contributed by atoms with Crippen molar-refractivity contribution in [3.8, 4) is 17.1 Å². The standard InChI is InChI=1S/C22H26N2O2/c1-21(2,3)14-22(4,5)26-16-12-10-15(11-13-16)19-23-18-9-7-6-8-17(18)20(25)24-19/h6-13H,14H2,1-5H3,(H,23,24,25). The van der Waals surface area contributed by atoms with Gasteiger partial charge in [0.15, 0.2) is 0 Å². The van der Waals surface area contributed by atoms with Gasteiger partial charge in [0, 0.05) is 5.56 Å². The number of para-hydroxylation sites is 1. The lowest BCUT2D eigenvalue weighted by atomic mass is 9.83. The lowest BCUT2D eigenvalue weighted by Gasteiger charge is -2.33. The highest BCUT2D eigenvalue weighted by molar-refractivity contribution is 5.79. The van der Waals surface area contributed by atoms with Crippen LogP contribution < -0.4 is 10.3 Å². The number of nitrogens with zero attached hydrogens (tertiary/aromatic N) is 1. The summed E-state index contributed by atoms with van der Waals surface area (Å²) in [4.78, 5) is 19.7. The number of aromatic amines is 1. The van der Waals surface area contributed by atoms with Gasteiger partial charge < -0.3 is 9.72 Å². The summed E-state index contributed by atoms with van der Waals surface area (Å²) in [7, 11) is 0. The number of ether oxygens (including phenoxy) is 1. The first-order valence-electron chi connectivity index (χ1n) is 8.92. The third kappa shape index (κ3) is 4.31. The molecule has 4 heteroatoms. The molecular weight excluding hydrogens is 324 g/mol. The minimum atomic E-state index is -0.255. The molecule has 0 aliphatic rings. The summed E-state index contributed by atoms with van der Waals surface area (Å²) in [5, 5.41) is 0.597. The van der Waals surface area contributed by atoms with E-state index in [1.54, 1.807) is 6.07 Å². The summed E-state index contributed by atoms with van der Waals surface area (Å²) in [5.41, 5.74) is 1.36. The first kappa shape index (κ1) is 18.2. The van der Waals surface area contributed by atoms with Crippen molar-refractivity contribution in [3.05, 3.63) is 58.9 Å². The molecule has 26 heavy (non-hydrogen) atoms. The molecule has 2 aromatic carbocycles. The van der Waals surface area contributed by atoms with Crippen LogP contribution in [0.2, 0.25) is 0 Å². The summed E-state index contributed by atoms with van der Waals surface area (Å²) in [6.07, 6.45) is 0.946. The van der Waals surface area contributed by atoms with Gasteiger partial charge in [0.05, 0.1) is 10.9 Å². The van der Waals surface area contributed by atoms with Gasteiger partial charge in [-0.1, -0.05) is 32.9 Å².